The number of nitrogens with zero attached hydrogens (tertiary/aromatic N) is 1. The molecule has 1 saturated heterocycles. The van der Waals surface area contributed by atoms with Crippen LogP contribution in [0, 0.1) is 6.92 Å². The van der Waals surface area contributed by atoms with Crippen molar-refractivity contribution in [1.29, 1.82) is 0 Å². The molecule has 3 aromatic rings. The topological polar surface area (TPSA) is 94.2 Å². The predicted molar refractivity (Wildman–Crippen MR) is 152 cm³/mol. The number of carbonyl (C=O) groups excluding carboxylic acids is 3. The number of rotatable bonds is 10. The second-order valence-corrected chi connectivity index (χ2v) is 9.48. The Hall–Kier alpha value is -4.37. The summed E-state index contributed by atoms with van der Waals surface area (Å²) in [7, 11) is 1.49. The van der Waals surface area contributed by atoms with Crippen LogP contribution in [-0.4, -0.2) is 38.2 Å². The smallest absolute Gasteiger partial charge is 0.335 e. The Balaban J connectivity index is 1.52. The van der Waals surface area contributed by atoms with Crippen molar-refractivity contribution in [1.82, 2.24) is 5.32 Å². The Kier molecular flexibility index (Phi) is 8.83. The third-order valence-corrected chi connectivity index (χ3v) is 6.44. The van der Waals surface area contributed by atoms with Crippen LogP contribution in [0.2, 0.25) is 0 Å². The molecule has 9 heteroatoms. The van der Waals surface area contributed by atoms with Gasteiger partial charge in [0.2, 0.25) is 0 Å². The van der Waals surface area contributed by atoms with Crippen LogP contribution in [-0.2, 0) is 16.0 Å². The monoisotopic (exact) mass is 590 g/mol. The number of allylic oxidation sites excluding steroid dienone is 1. The standard InChI is InChI=1S/C30H27BrN2O6/c1-4-8-21-10-5-6-12-25(21)38-13-14-39-27-24(31)17-20(18-26(27)37-3)16-23-28(34)32-30(36)33(29(23)35)22-11-7-9-19(2)15-22/h4-7,9-12,15-18H,1,8,13-14H2,2-3H3,(H,32,34,36)/b23-16-. The number of barbiturate groups is 1. The first-order valence-corrected chi connectivity index (χ1v) is 12.9. The van der Waals surface area contributed by atoms with Gasteiger partial charge in [-0.2, -0.15) is 0 Å². The fourth-order valence-electron chi connectivity index (χ4n) is 4.05. The highest BCUT2D eigenvalue weighted by Crippen LogP contribution is 2.37. The predicted octanol–water partition coefficient (Wildman–Crippen LogP) is 5.62. The van der Waals surface area contributed by atoms with Crippen molar-refractivity contribution in [3.05, 3.63) is 100 Å². The van der Waals surface area contributed by atoms with Crippen molar-refractivity contribution in [3.8, 4) is 17.2 Å². The maximum atomic E-state index is 13.2. The molecule has 200 valence electrons. The zero-order valence-corrected chi connectivity index (χ0v) is 23.1. The summed E-state index contributed by atoms with van der Waals surface area (Å²) in [6, 6.07) is 17.2. The summed E-state index contributed by atoms with van der Waals surface area (Å²) in [5.74, 6) is 0.0941. The van der Waals surface area contributed by atoms with Crippen molar-refractivity contribution in [3.63, 3.8) is 0 Å². The zero-order chi connectivity index (χ0) is 27.9. The van der Waals surface area contributed by atoms with Gasteiger partial charge in [0.1, 0.15) is 24.5 Å². The van der Waals surface area contributed by atoms with E-state index >= 15 is 0 Å². The first kappa shape index (κ1) is 27.7. The molecule has 0 radical (unpaired) electrons. The van der Waals surface area contributed by atoms with E-state index in [1.165, 1.54) is 13.2 Å². The Morgan fingerprint density at radius 3 is 2.49 bits per heavy atom. The van der Waals surface area contributed by atoms with Crippen LogP contribution < -0.4 is 24.4 Å². The number of hydrogen-bond donors (Lipinski definition) is 1. The van der Waals surface area contributed by atoms with Gasteiger partial charge in [0, 0.05) is 0 Å². The summed E-state index contributed by atoms with van der Waals surface area (Å²) in [5.41, 5.74) is 2.58. The van der Waals surface area contributed by atoms with Crippen LogP contribution in [0.5, 0.6) is 17.2 Å². The molecule has 0 aromatic heterocycles. The van der Waals surface area contributed by atoms with Crippen LogP contribution in [0.3, 0.4) is 0 Å². The lowest BCUT2D eigenvalue weighted by molar-refractivity contribution is -0.122. The molecular formula is C30H27BrN2O6. The molecule has 8 nitrogen and oxygen atoms in total. The molecule has 0 atom stereocenters. The molecule has 1 heterocycles. The Labute approximate surface area is 235 Å². The number of amides is 4. The van der Waals surface area contributed by atoms with E-state index < -0.39 is 17.8 Å². The summed E-state index contributed by atoms with van der Waals surface area (Å²) in [4.78, 5) is 39.2. The van der Waals surface area contributed by atoms with E-state index in [9.17, 15) is 14.4 Å². The highest BCUT2D eigenvalue weighted by atomic mass is 79.9. The SMILES string of the molecule is C=CCc1ccccc1OCCOc1c(Br)cc(/C=C2/C(=O)NC(=O)N(c3cccc(C)c3)C2=O)cc1OC. The van der Waals surface area contributed by atoms with Crippen LogP contribution in [0.25, 0.3) is 6.08 Å². The molecule has 1 fully saturated rings. The highest BCUT2D eigenvalue weighted by molar-refractivity contribution is 9.10. The first-order chi connectivity index (χ1) is 18.8. The fourth-order valence-corrected chi connectivity index (χ4v) is 4.63. The van der Waals surface area contributed by atoms with E-state index in [0.717, 1.165) is 21.8 Å². The number of carbonyl (C=O) groups is 3. The second kappa shape index (κ2) is 12.4. The fraction of sp³-hybridized carbons (Fsp3) is 0.167. The molecule has 1 N–H and O–H groups in total. The number of para-hydroxylation sites is 1. The van der Waals surface area contributed by atoms with E-state index in [4.69, 9.17) is 14.2 Å². The Morgan fingerprint density at radius 1 is 0.974 bits per heavy atom. The number of anilines is 1. The molecule has 0 spiro atoms. The van der Waals surface area contributed by atoms with E-state index in [0.29, 0.717) is 40.3 Å². The Morgan fingerprint density at radius 2 is 1.74 bits per heavy atom. The average molecular weight is 591 g/mol. The minimum absolute atomic E-state index is 0.190. The van der Waals surface area contributed by atoms with Gasteiger partial charge in [0.25, 0.3) is 11.8 Å². The zero-order valence-electron chi connectivity index (χ0n) is 21.5. The maximum absolute atomic E-state index is 13.2. The van der Waals surface area contributed by atoms with E-state index in [1.54, 1.807) is 30.3 Å². The number of ether oxygens (including phenoxy) is 3. The van der Waals surface area contributed by atoms with Crippen molar-refractivity contribution < 1.29 is 28.6 Å². The molecule has 4 rings (SSSR count). The molecule has 39 heavy (non-hydrogen) atoms. The van der Waals surface area contributed by atoms with Gasteiger partial charge in [-0.1, -0.05) is 36.4 Å². The molecule has 0 unspecified atom stereocenters. The quantitative estimate of drug-likeness (QED) is 0.142. The lowest BCUT2D eigenvalue weighted by Crippen LogP contribution is -2.54. The number of urea groups is 1. The van der Waals surface area contributed by atoms with Crippen molar-refractivity contribution in [2.45, 2.75) is 13.3 Å². The summed E-state index contributed by atoms with van der Waals surface area (Å²) in [5, 5.41) is 2.23. The highest BCUT2D eigenvalue weighted by Gasteiger charge is 2.37. The summed E-state index contributed by atoms with van der Waals surface area (Å²) in [6.07, 6.45) is 3.93. The molecule has 0 saturated carbocycles. The summed E-state index contributed by atoms with van der Waals surface area (Å²) < 4.78 is 17.9. The summed E-state index contributed by atoms with van der Waals surface area (Å²) in [6.45, 7) is 6.16. The van der Waals surface area contributed by atoms with Crippen LogP contribution >= 0.6 is 15.9 Å². The van der Waals surface area contributed by atoms with Crippen LogP contribution in [0.4, 0.5) is 10.5 Å². The molecule has 3 aromatic carbocycles. The number of methoxy groups -OCH3 is 1. The number of aryl methyl sites for hydroxylation is 1. The van der Waals surface area contributed by atoms with E-state index in [2.05, 4.69) is 27.8 Å². The molecule has 0 bridgehead atoms. The first-order valence-electron chi connectivity index (χ1n) is 12.1. The number of benzene rings is 3. The minimum Gasteiger partial charge on any atom is -0.493 e. The lowest BCUT2D eigenvalue weighted by Gasteiger charge is -2.26. The van der Waals surface area contributed by atoms with Crippen molar-refractivity contribution in [2.75, 3.05) is 25.2 Å². The van der Waals surface area contributed by atoms with Gasteiger partial charge in [0.15, 0.2) is 11.5 Å². The summed E-state index contributed by atoms with van der Waals surface area (Å²) >= 11 is 3.49. The Bertz CT molecular complexity index is 1470. The lowest BCUT2D eigenvalue weighted by atomic mass is 10.1. The number of nitrogens with one attached hydrogen (secondary N) is 1. The van der Waals surface area contributed by atoms with Gasteiger partial charge in [0.05, 0.1) is 17.3 Å². The number of halogens is 1. The van der Waals surface area contributed by atoms with Crippen LogP contribution in [0.15, 0.2) is 83.4 Å². The molecule has 1 aliphatic rings. The number of imide groups is 2. The minimum atomic E-state index is -0.801. The van der Waals surface area contributed by atoms with Crippen LogP contribution in [0.1, 0.15) is 16.7 Å². The van der Waals surface area contributed by atoms with E-state index in [1.807, 2.05) is 43.3 Å². The maximum Gasteiger partial charge on any atom is 0.335 e. The second-order valence-electron chi connectivity index (χ2n) is 8.63. The van der Waals surface area contributed by atoms with E-state index in [-0.39, 0.29) is 12.2 Å². The van der Waals surface area contributed by atoms with Gasteiger partial charge in [-0.05, 0) is 82.4 Å². The number of hydrogen-bond acceptors (Lipinski definition) is 6. The van der Waals surface area contributed by atoms with Crippen molar-refractivity contribution >= 4 is 45.5 Å². The van der Waals surface area contributed by atoms with Crippen molar-refractivity contribution in [2.24, 2.45) is 0 Å². The average Bonchev–Trinajstić information content (AvgIpc) is 2.90. The van der Waals surface area contributed by atoms with Gasteiger partial charge in [-0.15, -0.1) is 6.58 Å². The third kappa shape index (κ3) is 6.38. The molecular weight excluding hydrogens is 564 g/mol. The third-order valence-electron chi connectivity index (χ3n) is 5.85. The molecule has 0 aliphatic carbocycles. The van der Waals surface area contributed by atoms with Gasteiger partial charge in [-0.25, -0.2) is 9.69 Å². The van der Waals surface area contributed by atoms with Gasteiger partial charge in [-0.3, -0.25) is 14.9 Å². The van der Waals surface area contributed by atoms with Gasteiger partial charge < -0.3 is 14.2 Å². The van der Waals surface area contributed by atoms with Gasteiger partial charge >= 0.3 is 6.03 Å². The largest absolute Gasteiger partial charge is 0.493 e. The molecule has 1 aliphatic heterocycles. The normalized spacial score (nSPS) is 14.3. The molecule has 4 amide bonds.